The van der Waals surface area contributed by atoms with Crippen LogP contribution in [0.5, 0.6) is 0 Å². The van der Waals surface area contributed by atoms with Gasteiger partial charge in [-0.15, -0.1) is 0 Å². The van der Waals surface area contributed by atoms with E-state index in [2.05, 4.69) is 24.0 Å². The maximum Gasteiger partial charge on any atom is 0.0246 e. The molecule has 0 aliphatic carbocycles. The van der Waals surface area contributed by atoms with Crippen molar-refractivity contribution in [2.24, 2.45) is 0 Å². The van der Waals surface area contributed by atoms with E-state index in [0.717, 1.165) is 24.2 Å². The minimum atomic E-state index is 1.01. The van der Waals surface area contributed by atoms with Gasteiger partial charge in [0.1, 0.15) is 0 Å². The Labute approximate surface area is 49.2 Å². The van der Waals surface area contributed by atoms with E-state index >= 15 is 0 Å². The molecule has 0 amide bonds. The van der Waals surface area contributed by atoms with Crippen molar-refractivity contribution in [1.82, 2.24) is 10.9 Å². The summed E-state index contributed by atoms with van der Waals surface area (Å²) >= 11 is 0. The lowest BCUT2D eigenvalue weighted by atomic mass is 10.2. The fraction of sp³-hybridized carbons (Fsp3) is 0.333. The molecule has 0 radical (unpaired) electrons. The second kappa shape index (κ2) is 1.90. The van der Waals surface area contributed by atoms with Gasteiger partial charge in [0.05, 0.1) is 0 Å². The molecule has 1 aliphatic rings. The molecule has 1 fully saturated rings. The van der Waals surface area contributed by atoms with Crippen LogP contribution in [0.3, 0.4) is 0 Å². The van der Waals surface area contributed by atoms with Gasteiger partial charge in [0, 0.05) is 11.4 Å². The maximum atomic E-state index is 3.73. The highest BCUT2D eigenvalue weighted by Crippen LogP contribution is 2.07. The first-order valence-corrected chi connectivity index (χ1v) is 2.66. The Kier molecular flexibility index (Phi) is 1.24. The van der Waals surface area contributed by atoms with Gasteiger partial charge < -0.3 is 10.9 Å². The minimum absolute atomic E-state index is 1.01. The van der Waals surface area contributed by atoms with Crippen LogP contribution in [0.2, 0.25) is 0 Å². The Morgan fingerprint density at radius 2 is 1.38 bits per heavy atom. The van der Waals surface area contributed by atoms with Crippen molar-refractivity contribution in [3.05, 3.63) is 24.6 Å². The smallest absolute Gasteiger partial charge is 0.0246 e. The van der Waals surface area contributed by atoms with Crippen LogP contribution in [0.4, 0.5) is 0 Å². The zero-order valence-electron chi connectivity index (χ0n) is 4.83. The van der Waals surface area contributed by atoms with Crippen LogP contribution in [-0.4, -0.2) is 0 Å². The van der Waals surface area contributed by atoms with Crippen molar-refractivity contribution < 1.29 is 0 Å². The van der Waals surface area contributed by atoms with Crippen molar-refractivity contribution in [3.8, 4) is 0 Å². The van der Waals surface area contributed by atoms with E-state index in [1.807, 2.05) is 0 Å². The van der Waals surface area contributed by atoms with Gasteiger partial charge in [-0.2, -0.15) is 0 Å². The van der Waals surface area contributed by atoms with E-state index in [1.54, 1.807) is 0 Å². The molecule has 2 nitrogen and oxygen atoms in total. The topological polar surface area (TPSA) is 24.1 Å². The molecule has 0 bridgehead atoms. The summed E-state index contributed by atoms with van der Waals surface area (Å²) < 4.78 is 0. The van der Waals surface area contributed by atoms with Crippen LogP contribution in [0.1, 0.15) is 12.8 Å². The molecule has 1 rings (SSSR count). The van der Waals surface area contributed by atoms with Gasteiger partial charge >= 0.3 is 0 Å². The van der Waals surface area contributed by atoms with Crippen LogP contribution in [0.25, 0.3) is 0 Å². The fourth-order valence-corrected chi connectivity index (χ4v) is 0.604. The van der Waals surface area contributed by atoms with Gasteiger partial charge in [-0.3, -0.25) is 0 Å². The van der Waals surface area contributed by atoms with E-state index in [1.165, 1.54) is 0 Å². The highest BCUT2D eigenvalue weighted by Gasteiger charge is 2.01. The van der Waals surface area contributed by atoms with Crippen LogP contribution < -0.4 is 10.9 Å². The molecule has 1 saturated heterocycles. The zero-order valence-corrected chi connectivity index (χ0v) is 4.83. The average Bonchev–Trinajstić information content (AvgIpc) is 1.77. The zero-order chi connectivity index (χ0) is 5.98. The summed E-state index contributed by atoms with van der Waals surface area (Å²) in [5, 5.41) is 0. The molecule has 0 aromatic carbocycles. The lowest BCUT2D eigenvalue weighted by Gasteiger charge is -2.19. The molecule has 2 heteroatoms. The maximum absolute atomic E-state index is 3.73. The first-order chi connectivity index (χ1) is 3.79. The number of rotatable bonds is 0. The van der Waals surface area contributed by atoms with Crippen molar-refractivity contribution in [2.75, 3.05) is 0 Å². The average molecular weight is 110 g/mol. The summed E-state index contributed by atoms with van der Waals surface area (Å²) in [4.78, 5) is 0. The van der Waals surface area contributed by atoms with E-state index in [0.29, 0.717) is 0 Å². The highest BCUT2D eigenvalue weighted by molar-refractivity contribution is 5.04. The molecule has 0 unspecified atom stereocenters. The largest absolute Gasteiger partial charge is 0.306 e. The Balaban J connectivity index is 2.40. The quantitative estimate of drug-likeness (QED) is 0.484. The van der Waals surface area contributed by atoms with E-state index in [4.69, 9.17) is 0 Å². The van der Waals surface area contributed by atoms with Crippen LogP contribution in [0, 0.1) is 0 Å². The third-order valence-corrected chi connectivity index (χ3v) is 1.14. The number of allylic oxidation sites excluding steroid dienone is 2. The number of nitrogens with one attached hydrogen (secondary N) is 2. The highest BCUT2D eigenvalue weighted by atomic mass is 15.4. The third-order valence-electron chi connectivity index (χ3n) is 1.14. The normalized spacial score (nSPS) is 19.5. The van der Waals surface area contributed by atoms with Gasteiger partial charge in [0.2, 0.25) is 0 Å². The molecule has 8 heavy (non-hydrogen) atoms. The van der Waals surface area contributed by atoms with Gasteiger partial charge in [0.15, 0.2) is 0 Å². The van der Waals surface area contributed by atoms with Crippen molar-refractivity contribution in [1.29, 1.82) is 0 Å². The lowest BCUT2D eigenvalue weighted by molar-refractivity contribution is 0.580. The van der Waals surface area contributed by atoms with Crippen molar-refractivity contribution >= 4 is 0 Å². The summed E-state index contributed by atoms with van der Waals surface area (Å²) in [5.41, 5.74) is 7.85. The molecule has 0 atom stereocenters. The van der Waals surface area contributed by atoms with Crippen LogP contribution in [-0.2, 0) is 0 Å². The first kappa shape index (κ1) is 5.22. The molecule has 0 spiro atoms. The van der Waals surface area contributed by atoms with Crippen molar-refractivity contribution in [2.45, 2.75) is 12.8 Å². The Hall–Kier alpha value is -0.920. The summed E-state index contributed by atoms with van der Waals surface area (Å²) in [6.07, 6.45) is 2.01. The second-order valence-corrected chi connectivity index (χ2v) is 1.96. The van der Waals surface area contributed by atoms with Gasteiger partial charge in [0.25, 0.3) is 0 Å². The third kappa shape index (κ3) is 1.03. The molecular weight excluding hydrogens is 100 g/mol. The molecule has 44 valence electrons. The summed E-state index contributed by atoms with van der Waals surface area (Å²) in [6, 6.07) is 0. The number of hydrazine groups is 1. The molecule has 2 N–H and O–H groups in total. The predicted octanol–water partition coefficient (Wildman–Crippen LogP) is 0.902. The van der Waals surface area contributed by atoms with Crippen LogP contribution in [0.15, 0.2) is 24.6 Å². The van der Waals surface area contributed by atoms with Gasteiger partial charge in [-0.1, -0.05) is 13.2 Å². The first-order valence-electron chi connectivity index (χ1n) is 2.66. The monoisotopic (exact) mass is 110 g/mol. The number of hydrogen-bond donors (Lipinski definition) is 2. The van der Waals surface area contributed by atoms with Crippen molar-refractivity contribution in [3.63, 3.8) is 0 Å². The number of hydrogen-bond acceptors (Lipinski definition) is 2. The predicted molar refractivity (Wildman–Crippen MR) is 33.8 cm³/mol. The summed E-state index contributed by atoms with van der Waals surface area (Å²) in [7, 11) is 0. The standard InChI is InChI=1S/C6H10N2/c1-5-3-4-6(2)8-7-5/h7-8H,1-4H2. The fourth-order valence-electron chi connectivity index (χ4n) is 0.604. The summed E-state index contributed by atoms with van der Waals surface area (Å²) in [5.74, 6) is 0. The van der Waals surface area contributed by atoms with Gasteiger partial charge in [-0.05, 0) is 12.8 Å². The van der Waals surface area contributed by atoms with Crippen LogP contribution >= 0.6 is 0 Å². The molecule has 0 aromatic heterocycles. The van der Waals surface area contributed by atoms with E-state index < -0.39 is 0 Å². The van der Waals surface area contributed by atoms with Gasteiger partial charge in [-0.25, -0.2) is 0 Å². The Bertz CT molecular complexity index is 98.5. The SMILES string of the molecule is C=C1CCC(=C)NN1. The molecule has 1 aliphatic heterocycles. The second-order valence-electron chi connectivity index (χ2n) is 1.96. The molecular formula is C6H10N2. The molecule has 0 saturated carbocycles. The Morgan fingerprint density at radius 3 is 1.62 bits per heavy atom. The summed E-state index contributed by atoms with van der Waals surface area (Å²) in [6.45, 7) is 7.47. The van der Waals surface area contributed by atoms with E-state index in [-0.39, 0.29) is 0 Å². The molecule has 0 aromatic rings. The van der Waals surface area contributed by atoms with E-state index in [9.17, 15) is 0 Å². The lowest BCUT2D eigenvalue weighted by Crippen LogP contribution is -2.33. The minimum Gasteiger partial charge on any atom is -0.306 e. The Morgan fingerprint density at radius 1 is 1.00 bits per heavy atom. The molecule has 1 heterocycles.